The molecule has 0 spiro atoms. The first-order valence-electron chi connectivity index (χ1n) is 3.39. The van der Waals surface area contributed by atoms with Gasteiger partial charge in [-0.1, -0.05) is 0 Å². The Morgan fingerprint density at radius 2 is 2.42 bits per heavy atom. The lowest BCUT2D eigenvalue weighted by molar-refractivity contribution is 0.144. The maximum Gasteiger partial charge on any atom is 0.282 e. The minimum absolute atomic E-state index is 0.202. The summed E-state index contributed by atoms with van der Waals surface area (Å²) in [5.74, 6) is 5.01. The van der Waals surface area contributed by atoms with E-state index in [0.717, 1.165) is 0 Å². The second-order valence-corrected chi connectivity index (χ2v) is 2.39. The van der Waals surface area contributed by atoms with Gasteiger partial charge in [-0.05, 0) is 0 Å². The zero-order valence-electron chi connectivity index (χ0n) is 6.59. The molecule has 0 unspecified atom stereocenters. The zero-order valence-corrected chi connectivity index (χ0v) is 6.59. The van der Waals surface area contributed by atoms with Gasteiger partial charge in [0.05, 0.1) is 0 Å². The molecule has 1 heterocycles. The first-order valence-corrected chi connectivity index (χ1v) is 3.39. The number of alkyl halides is 2. The molecule has 1 aromatic rings. The van der Waals surface area contributed by atoms with Crippen LogP contribution in [0, 0.1) is 0 Å². The molecule has 0 radical (unpaired) electrons. The van der Waals surface area contributed by atoms with Gasteiger partial charge in [-0.3, -0.25) is 16.0 Å². The number of nitrogens with zero attached hydrogens (tertiary/aromatic N) is 2. The molecule has 0 aliphatic heterocycles. The summed E-state index contributed by atoms with van der Waals surface area (Å²) < 4.78 is 25.8. The lowest BCUT2D eigenvalue weighted by Crippen LogP contribution is -2.21. The van der Waals surface area contributed by atoms with E-state index in [4.69, 9.17) is 5.84 Å². The molecule has 0 saturated carbocycles. The van der Waals surface area contributed by atoms with Crippen LogP contribution in [0.2, 0.25) is 0 Å². The minimum atomic E-state index is -2.55. The molecular weight excluding hydrogens is 166 g/mol. The van der Waals surface area contributed by atoms with Gasteiger partial charge >= 0.3 is 0 Å². The molecule has 0 amide bonds. The Morgan fingerprint density at radius 3 is 2.92 bits per heavy atom. The number of hydrogen-bond donors (Lipinski definition) is 2. The van der Waals surface area contributed by atoms with Crippen molar-refractivity contribution in [2.75, 3.05) is 0 Å². The molecule has 0 saturated heterocycles. The van der Waals surface area contributed by atoms with Crippen molar-refractivity contribution < 1.29 is 8.78 Å². The topological polar surface area (TPSA) is 55.9 Å². The van der Waals surface area contributed by atoms with Crippen LogP contribution in [-0.4, -0.2) is 9.78 Å². The van der Waals surface area contributed by atoms with Crippen LogP contribution in [-0.2, 0) is 13.6 Å². The van der Waals surface area contributed by atoms with Gasteiger partial charge in [0.25, 0.3) is 6.43 Å². The van der Waals surface area contributed by atoms with Gasteiger partial charge in [-0.15, -0.1) is 0 Å². The third kappa shape index (κ3) is 1.77. The average Bonchev–Trinajstić information content (AvgIpc) is 2.32. The van der Waals surface area contributed by atoms with Crippen molar-refractivity contribution in [2.24, 2.45) is 12.9 Å². The van der Waals surface area contributed by atoms with Crippen LogP contribution in [0.3, 0.4) is 0 Å². The van der Waals surface area contributed by atoms with E-state index in [1.54, 1.807) is 7.05 Å². The SMILES string of the molecule is Cn1cc(CNN)c(C(F)F)n1. The molecule has 0 bridgehead atoms. The summed E-state index contributed by atoms with van der Waals surface area (Å²) in [7, 11) is 1.59. The van der Waals surface area contributed by atoms with E-state index in [-0.39, 0.29) is 12.2 Å². The summed E-state index contributed by atoms with van der Waals surface area (Å²) in [5.41, 5.74) is 2.52. The van der Waals surface area contributed by atoms with E-state index in [2.05, 4.69) is 10.5 Å². The number of aromatic nitrogens is 2. The molecular formula is C6H10F2N4. The highest BCUT2D eigenvalue weighted by atomic mass is 19.3. The molecule has 0 fully saturated rings. The van der Waals surface area contributed by atoms with Gasteiger partial charge in [0.1, 0.15) is 5.69 Å². The Labute approximate surface area is 68.3 Å². The summed E-state index contributed by atoms with van der Waals surface area (Å²) in [4.78, 5) is 0. The van der Waals surface area contributed by atoms with Gasteiger partial charge in [0.15, 0.2) is 0 Å². The van der Waals surface area contributed by atoms with Crippen LogP contribution < -0.4 is 11.3 Å². The number of aryl methyl sites for hydroxylation is 1. The van der Waals surface area contributed by atoms with Crippen LogP contribution in [0.15, 0.2) is 6.20 Å². The van der Waals surface area contributed by atoms with E-state index in [0.29, 0.717) is 5.56 Å². The maximum absolute atomic E-state index is 12.2. The van der Waals surface area contributed by atoms with Gasteiger partial charge < -0.3 is 0 Å². The number of rotatable bonds is 3. The van der Waals surface area contributed by atoms with Crippen molar-refractivity contribution in [3.8, 4) is 0 Å². The van der Waals surface area contributed by atoms with Crippen LogP contribution in [0.25, 0.3) is 0 Å². The minimum Gasteiger partial charge on any atom is -0.275 e. The fraction of sp³-hybridized carbons (Fsp3) is 0.500. The van der Waals surface area contributed by atoms with Gasteiger partial charge in [-0.25, -0.2) is 8.78 Å². The summed E-state index contributed by atoms with van der Waals surface area (Å²) in [6.07, 6.45) is -1.03. The van der Waals surface area contributed by atoms with E-state index < -0.39 is 6.43 Å². The maximum atomic E-state index is 12.2. The van der Waals surface area contributed by atoms with Crippen molar-refractivity contribution in [1.82, 2.24) is 15.2 Å². The second-order valence-electron chi connectivity index (χ2n) is 2.39. The van der Waals surface area contributed by atoms with Crippen molar-refractivity contribution in [1.29, 1.82) is 0 Å². The lowest BCUT2D eigenvalue weighted by Gasteiger charge is -1.98. The van der Waals surface area contributed by atoms with Crippen LogP contribution >= 0.6 is 0 Å². The van der Waals surface area contributed by atoms with E-state index >= 15 is 0 Å². The summed E-state index contributed by atoms with van der Waals surface area (Å²) in [6.45, 7) is 0.202. The first kappa shape index (κ1) is 9.08. The first-order chi connectivity index (χ1) is 5.65. The third-order valence-electron chi connectivity index (χ3n) is 1.44. The number of nitrogens with one attached hydrogen (secondary N) is 1. The van der Waals surface area contributed by atoms with E-state index in [9.17, 15) is 8.78 Å². The Bertz CT molecular complexity index is 258. The van der Waals surface area contributed by atoms with Crippen LogP contribution in [0.5, 0.6) is 0 Å². The molecule has 0 aromatic carbocycles. The standard InChI is InChI=1S/C6H10F2N4/c1-12-3-4(2-10-9)5(11-12)6(7)8/h3,6,10H,2,9H2,1H3. The molecule has 0 aliphatic carbocycles. The fourth-order valence-electron chi connectivity index (χ4n) is 0.985. The molecule has 1 rings (SSSR count). The van der Waals surface area contributed by atoms with E-state index in [1.807, 2.05) is 0 Å². The lowest BCUT2D eigenvalue weighted by atomic mass is 10.2. The predicted octanol–water partition coefficient (Wildman–Crippen LogP) is 0.321. The molecule has 12 heavy (non-hydrogen) atoms. The number of hydrogen-bond acceptors (Lipinski definition) is 3. The highest BCUT2D eigenvalue weighted by Gasteiger charge is 2.16. The van der Waals surface area contributed by atoms with Crippen molar-refractivity contribution in [3.63, 3.8) is 0 Å². The van der Waals surface area contributed by atoms with Gasteiger partial charge in [0.2, 0.25) is 0 Å². The monoisotopic (exact) mass is 176 g/mol. The van der Waals surface area contributed by atoms with Crippen molar-refractivity contribution >= 4 is 0 Å². The Balaban J connectivity index is 2.92. The van der Waals surface area contributed by atoms with Crippen LogP contribution in [0.1, 0.15) is 17.7 Å². The smallest absolute Gasteiger partial charge is 0.275 e. The molecule has 6 heteroatoms. The van der Waals surface area contributed by atoms with Crippen molar-refractivity contribution in [3.05, 3.63) is 17.5 Å². The number of hydrazine groups is 1. The molecule has 1 aromatic heterocycles. The predicted molar refractivity (Wildman–Crippen MR) is 39.2 cm³/mol. The average molecular weight is 176 g/mol. The number of halogens is 2. The largest absolute Gasteiger partial charge is 0.282 e. The molecule has 0 atom stereocenters. The highest BCUT2D eigenvalue weighted by Crippen LogP contribution is 2.20. The Kier molecular flexibility index (Phi) is 2.72. The second kappa shape index (κ2) is 3.59. The van der Waals surface area contributed by atoms with Crippen molar-refractivity contribution in [2.45, 2.75) is 13.0 Å². The summed E-state index contributed by atoms with van der Waals surface area (Å²) in [6, 6.07) is 0. The Morgan fingerprint density at radius 1 is 1.75 bits per heavy atom. The number of nitrogens with two attached hydrogens (primary N) is 1. The molecule has 4 nitrogen and oxygen atoms in total. The van der Waals surface area contributed by atoms with Crippen LogP contribution in [0.4, 0.5) is 8.78 Å². The fourth-order valence-corrected chi connectivity index (χ4v) is 0.985. The van der Waals surface area contributed by atoms with Gasteiger partial charge in [0, 0.05) is 25.4 Å². The summed E-state index contributed by atoms with van der Waals surface area (Å²) >= 11 is 0. The molecule has 0 aliphatic rings. The van der Waals surface area contributed by atoms with E-state index in [1.165, 1.54) is 10.9 Å². The highest BCUT2D eigenvalue weighted by molar-refractivity contribution is 5.17. The van der Waals surface area contributed by atoms with Gasteiger partial charge in [-0.2, -0.15) is 5.10 Å². The molecule has 3 N–H and O–H groups in total. The zero-order chi connectivity index (χ0) is 9.14. The Hall–Kier alpha value is -1.01. The normalized spacial score (nSPS) is 11.1. The molecule has 68 valence electrons. The quantitative estimate of drug-likeness (QED) is 0.515. The third-order valence-corrected chi connectivity index (χ3v) is 1.44. The summed E-state index contributed by atoms with van der Waals surface area (Å²) in [5, 5.41) is 3.60.